The minimum atomic E-state index is -0.856. The van der Waals surface area contributed by atoms with Crippen LogP contribution in [0, 0.1) is 0 Å². The number of fused-ring (bicyclic) bond motifs is 1. The SMILES string of the molecule is Cn1cc(-c2cc3c(OCC[C@H]4CCCCN4C(=O)O)c(Br)cnc3cc2Cl)cn1. The number of carboxylic acid groups (broad SMARTS) is 1. The van der Waals surface area contributed by atoms with Crippen molar-refractivity contribution in [3.8, 4) is 16.9 Å². The second-order valence-electron chi connectivity index (χ2n) is 7.45. The Bertz CT molecular complexity index is 1090. The van der Waals surface area contributed by atoms with E-state index in [1.165, 1.54) is 4.90 Å². The number of halogens is 2. The lowest BCUT2D eigenvalue weighted by Gasteiger charge is -2.33. The molecule has 1 atom stereocenters. The minimum absolute atomic E-state index is 0.0106. The van der Waals surface area contributed by atoms with E-state index in [9.17, 15) is 9.90 Å². The summed E-state index contributed by atoms with van der Waals surface area (Å²) in [6.45, 7) is 1.01. The number of pyridine rings is 1. The number of ether oxygens (including phenoxy) is 1. The van der Waals surface area contributed by atoms with Crippen LogP contribution >= 0.6 is 27.5 Å². The van der Waals surface area contributed by atoms with Gasteiger partial charge in [-0.2, -0.15) is 5.10 Å². The summed E-state index contributed by atoms with van der Waals surface area (Å²) >= 11 is 10.0. The van der Waals surface area contributed by atoms with Crippen LogP contribution in [0.15, 0.2) is 35.2 Å². The fraction of sp³-hybridized carbons (Fsp3) is 0.381. The van der Waals surface area contributed by atoms with Gasteiger partial charge < -0.3 is 14.7 Å². The van der Waals surface area contributed by atoms with Gasteiger partial charge in [0.2, 0.25) is 0 Å². The number of carbonyl (C=O) groups is 1. The zero-order valence-corrected chi connectivity index (χ0v) is 18.9. The van der Waals surface area contributed by atoms with E-state index in [2.05, 4.69) is 26.0 Å². The predicted molar refractivity (Wildman–Crippen MR) is 119 cm³/mol. The van der Waals surface area contributed by atoms with Crippen molar-refractivity contribution in [2.24, 2.45) is 7.05 Å². The first-order valence-corrected chi connectivity index (χ1v) is 11.0. The topological polar surface area (TPSA) is 80.5 Å². The summed E-state index contributed by atoms with van der Waals surface area (Å²) in [6, 6.07) is 3.78. The molecule has 0 radical (unpaired) electrons. The van der Waals surface area contributed by atoms with Crippen LogP contribution in [0.1, 0.15) is 25.7 Å². The van der Waals surface area contributed by atoms with Gasteiger partial charge in [-0.3, -0.25) is 9.67 Å². The van der Waals surface area contributed by atoms with Crippen molar-refractivity contribution in [2.75, 3.05) is 13.2 Å². The van der Waals surface area contributed by atoms with Crippen LogP contribution in [0.25, 0.3) is 22.0 Å². The van der Waals surface area contributed by atoms with Gasteiger partial charge in [0.15, 0.2) is 0 Å². The van der Waals surface area contributed by atoms with Crippen LogP contribution in [-0.2, 0) is 7.05 Å². The number of hydrogen-bond acceptors (Lipinski definition) is 4. The molecule has 1 aromatic carbocycles. The third-order valence-corrected chi connectivity index (χ3v) is 6.33. The normalized spacial score (nSPS) is 16.8. The lowest BCUT2D eigenvalue weighted by Crippen LogP contribution is -2.43. The van der Waals surface area contributed by atoms with Gasteiger partial charge >= 0.3 is 6.09 Å². The molecule has 3 heterocycles. The molecule has 3 aromatic rings. The first-order valence-electron chi connectivity index (χ1n) is 9.83. The molecule has 0 spiro atoms. The molecule has 9 heteroatoms. The number of likely N-dealkylation sites (tertiary alicyclic amines) is 1. The number of benzene rings is 1. The Balaban J connectivity index is 1.60. The second kappa shape index (κ2) is 8.81. The summed E-state index contributed by atoms with van der Waals surface area (Å²) in [5, 5.41) is 15.1. The summed E-state index contributed by atoms with van der Waals surface area (Å²) < 4.78 is 8.62. The molecular weight excluding hydrogens is 472 g/mol. The first kappa shape index (κ1) is 20.9. The standard InChI is InChI=1S/C21H22BrClN4O3/c1-26-12-13(10-25-26)15-8-16-19(9-18(15)23)24-11-17(22)20(16)30-7-5-14-4-2-3-6-27(14)21(28)29/h8-12,14H,2-7H2,1H3,(H,28,29)/t14-/m1/s1. The highest BCUT2D eigenvalue weighted by Crippen LogP contribution is 2.38. The molecule has 2 aromatic heterocycles. The Morgan fingerprint density at radius 3 is 2.93 bits per heavy atom. The van der Waals surface area contributed by atoms with E-state index in [-0.39, 0.29) is 6.04 Å². The van der Waals surface area contributed by atoms with Crippen molar-refractivity contribution in [1.29, 1.82) is 0 Å². The van der Waals surface area contributed by atoms with E-state index in [4.69, 9.17) is 16.3 Å². The smallest absolute Gasteiger partial charge is 0.407 e. The van der Waals surface area contributed by atoms with Gasteiger partial charge in [0.25, 0.3) is 0 Å². The number of hydrogen-bond donors (Lipinski definition) is 1. The maximum absolute atomic E-state index is 11.5. The molecule has 1 aliphatic rings. The number of aryl methyl sites for hydroxylation is 1. The van der Waals surface area contributed by atoms with E-state index in [1.54, 1.807) is 17.1 Å². The van der Waals surface area contributed by atoms with E-state index in [0.717, 1.165) is 45.8 Å². The van der Waals surface area contributed by atoms with Crippen LogP contribution in [0.5, 0.6) is 5.75 Å². The van der Waals surface area contributed by atoms with Gasteiger partial charge in [-0.1, -0.05) is 11.6 Å². The molecule has 0 bridgehead atoms. The second-order valence-corrected chi connectivity index (χ2v) is 8.71. The number of amides is 1. The highest BCUT2D eigenvalue weighted by atomic mass is 79.9. The van der Waals surface area contributed by atoms with Gasteiger partial charge in [0.05, 0.1) is 27.8 Å². The summed E-state index contributed by atoms with van der Waals surface area (Å²) in [5.41, 5.74) is 2.50. The summed E-state index contributed by atoms with van der Waals surface area (Å²) in [4.78, 5) is 17.5. The van der Waals surface area contributed by atoms with Crippen molar-refractivity contribution in [2.45, 2.75) is 31.7 Å². The van der Waals surface area contributed by atoms with E-state index >= 15 is 0 Å². The van der Waals surface area contributed by atoms with Gasteiger partial charge in [-0.15, -0.1) is 0 Å². The highest BCUT2D eigenvalue weighted by molar-refractivity contribution is 9.10. The minimum Gasteiger partial charge on any atom is -0.492 e. The van der Waals surface area contributed by atoms with E-state index in [0.29, 0.717) is 30.3 Å². The van der Waals surface area contributed by atoms with Crippen LogP contribution in [-0.4, -0.2) is 50.1 Å². The summed E-state index contributed by atoms with van der Waals surface area (Å²) in [5.74, 6) is 0.680. The molecule has 1 N–H and O–H groups in total. The zero-order valence-electron chi connectivity index (χ0n) is 16.5. The molecule has 0 saturated carbocycles. The lowest BCUT2D eigenvalue weighted by molar-refractivity contribution is 0.0968. The fourth-order valence-corrected chi connectivity index (χ4v) is 4.64. The van der Waals surface area contributed by atoms with Gasteiger partial charge in [0, 0.05) is 55.0 Å². The number of aromatic nitrogens is 3. The molecule has 1 amide bonds. The largest absolute Gasteiger partial charge is 0.492 e. The average molecular weight is 494 g/mol. The Kier molecular flexibility index (Phi) is 6.15. The van der Waals surface area contributed by atoms with Crippen LogP contribution < -0.4 is 4.74 Å². The molecule has 0 unspecified atom stereocenters. The first-order chi connectivity index (χ1) is 14.4. The molecule has 1 saturated heterocycles. The van der Waals surface area contributed by atoms with Crippen molar-refractivity contribution in [1.82, 2.24) is 19.7 Å². The van der Waals surface area contributed by atoms with Crippen molar-refractivity contribution in [3.05, 3.63) is 40.2 Å². The molecular formula is C21H22BrClN4O3. The monoisotopic (exact) mass is 492 g/mol. The van der Waals surface area contributed by atoms with Gasteiger partial charge in [-0.25, -0.2) is 4.79 Å². The highest BCUT2D eigenvalue weighted by Gasteiger charge is 2.26. The van der Waals surface area contributed by atoms with Crippen molar-refractivity contribution >= 4 is 44.5 Å². The lowest BCUT2D eigenvalue weighted by atomic mass is 10.0. The molecule has 7 nitrogen and oxygen atoms in total. The molecule has 4 rings (SSSR count). The van der Waals surface area contributed by atoms with Crippen molar-refractivity contribution < 1.29 is 14.6 Å². The fourth-order valence-electron chi connectivity index (χ4n) is 3.94. The molecule has 1 aliphatic heterocycles. The Morgan fingerprint density at radius 2 is 2.20 bits per heavy atom. The molecule has 158 valence electrons. The van der Waals surface area contributed by atoms with Crippen LogP contribution in [0.3, 0.4) is 0 Å². The molecule has 0 aliphatic carbocycles. The van der Waals surface area contributed by atoms with Crippen LogP contribution in [0.2, 0.25) is 5.02 Å². The van der Waals surface area contributed by atoms with E-state index < -0.39 is 6.09 Å². The molecule has 1 fully saturated rings. The van der Waals surface area contributed by atoms with Crippen molar-refractivity contribution in [3.63, 3.8) is 0 Å². The van der Waals surface area contributed by atoms with Gasteiger partial charge in [-0.05, 0) is 47.3 Å². The maximum atomic E-state index is 11.5. The average Bonchev–Trinajstić information content (AvgIpc) is 3.15. The number of piperidine rings is 1. The number of rotatable bonds is 5. The Labute approximate surface area is 187 Å². The molecule has 30 heavy (non-hydrogen) atoms. The quantitative estimate of drug-likeness (QED) is 0.518. The Hall–Kier alpha value is -2.32. The predicted octanol–water partition coefficient (Wildman–Crippen LogP) is 5.35. The maximum Gasteiger partial charge on any atom is 0.407 e. The van der Waals surface area contributed by atoms with E-state index in [1.807, 2.05) is 25.4 Å². The third kappa shape index (κ3) is 4.25. The zero-order chi connectivity index (χ0) is 21.3. The summed E-state index contributed by atoms with van der Waals surface area (Å²) in [7, 11) is 1.86. The number of nitrogens with zero attached hydrogens (tertiary/aromatic N) is 4. The third-order valence-electron chi connectivity index (χ3n) is 5.45. The van der Waals surface area contributed by atoms with Gasteiger partial charge in [0.1, 0.15) is 5.75 Å². The van der Waals surface area contributed by atoms with Crippen LogP contribution in [0.4, 0.5) is 4.79 Å². The Morgan fingerprint density at radius 1 is 1.37 bits per heavy atom. The summed E-state index contributed by atoms with van der Waals surface area (Å²) in [6.07, 6.45) is 7.99.